The monoisotopic (exact) mass is 579 g/mol. The number of nitrogens with zero attached hydrogens (tertiary/aromatic N) is 1. The molecule has 41 heavy (non-hydrogen) atoms. The zero-order valence-electron chi connectivity index (χ0n) is 23.6. The lowest BCUT2D eigenvalue weighted by molar-refractivity contribution is -0.219. The van der Waals surface area contributed by atoms with Crippen molar-refractivity contribution < 1.29 is 46.4 Å². The minimum atomic E-state index is -4.68. The predicted octanol–water partition coefficient (Wildman–Crippen LogP) is 4.97. The van der Waals surface area contributed by atoms with E-state index in [0.717, 1.165) is 49.1 Å². The number of rotatable bonds is 5. The van der Waals surface area contributed by atoms with Crippen molar-refractivity contribution in [2.75, 3.05) is 26.5 Å². The Morgan fingerprint density at radius 1 is 1.07 bits per heavy atom. The molecular weight excluding hydrogens is 543 g/mol. The van der Waals surface area contributed by atoms with Crippen LogP contribution in [0.1, 0.15) is 76.3 Å². The summed E-state index contributed by atoms with van der Waals surface area (Å²) in [5, 5.41) is 0. The van der Waals surface area contributed by atoms with Gasteiger partial charge in [-0.15, -0.1) is 0 Å². The molecule has 8 nitrogen and oxygen atoms in total. The normalized spacial score (nSPS) is 31.9. The SMILES string of the molecule is CC1=C[C@@]23CCCN2CCc2cc4c(cc2[C@@H]3C1OC(=O)[C@@]1(CC(=O)OCC(F)(F)F)CCCC(C)(C)O1)OCO4. The summed E-state index contributed by atoms with van der Waals surface area (Å²) >= 11 is 0. The van der Waals surface area contributed by atoms with Crippen LogP contribution in [0.2, 0.25) is 0 Å². The molecule has 2 saturated heterocycles. The second-order valence-corrected chi connectivity index (χ2v) is 12.6. The quantitative estimate of drug-likeness (QED) is 0.357. The zero-order valence-corrected chi connectivity index (χ0v) is 23.6. The Morgan fingerprint density at radius 3 is 2.56 bits per heavy atom. The maximum Gasteiger partial charge on any atom is 0.422 e. The summed E-state index contributed by atoms with van der Waals surface area (Å²) in [6.07, 6.45) is 0.263. The first-order valence-corrected chi connectivity index (χ1v) is 14.3. The van der Waals surface area contributed by atoms with Crippen molar-refractivity contribution in [3.05, 3.63) is 34.9 Å². The molecule has 4 heterocycles. The van der Waals surface area contributed by atoms with Gasteiger partial charge in [0.05, 0.1) is 17.6 Å². The summed E-state index contributed by atoms with van der Waals surface area (Å²) < 4.78 is 66.7. The third kappa shape index (κ3) is 5.09. The van der Waals surface area contributed by atoms with Gasteiger partial charge in [-0.2, -0.15) is 13.2 Å². The number of hydrogen-bond donors (Lipinski definition) is 0. The number of halogens is 3. The summed E-state index contributed by atoms with van der Waals surface area (Å²) in [7, 11) is 0. The van der Waals surface area contributed by atoms with Crippen LogP contribution < -0.4 is 9.47 Å². The first-order chi connectivity index (χ1) is 19.3. The van der Waals surface area contributed by atoms with E-state index in [1.807, 2.05) is 19.1 Å². The highest BCUT2D eigenvalue weighted by molar-refractivity contribution is 5.86. The standard InChI is InChI=1S/C30H36F3NO7/c1-18-14-28-8-5-10-34(28)11-6-19-12-21-22(39-17-38-21)13-20(19)24(28)25(18)40-26(36)29(9-4-7-27(2,3)41-29)15-23(35)37-16-30(31,32)33/h12-14,24-25H,4-11,15-17H2,1-3H3/t24-,25?,28-,29+/m1/s1. The van der Waals surface area contributed by atoms with Gasteiger partial charge in [-0.05, 0) is 94.7 Å². The van der Waals surface area contributed by atoms with Crippen molar-refractivity contribution in [3.63, 3.8) is 0 Å². The summed E-state index contributed by atoms with van der Waals surface area (Å²) in [6.45, 7) is 5.74. The lowest BCUT2D eigenvalue weighted by atomic mass is 9.77. The van der Waals surface area contributed by atoms with Gasteiger partial charge in [-0.3, -0.25) is 9.69 Å². The van der Waals surface area contributed by atoms with E-state index in [2.05, 4.69) is 15.7 Å². The van der Waals surface area contributed by atoms with E-state index >= 15 is 0 Å². The highest BCUT2D eigenvalue weighted by atomic mass is 19.4. The van der Waals surface area contributed by atoms with Gasteiger partial charge in [0.15, 0.2) is 23.7 Å². The first-order valence-electron chi connectivity index (χ1n) is 14.3. The maximum absolute atomic E-state index is 14.1. The Labute approximate surface area is 237 Å². The molecule has 1 spiro atoms. The van der Waals surface area contributed by atoms with Gasteiger partial charge < -0.3 is 23.7 Å². The fourth-order valence-corrected chi connectivity index (χ4v) is 7.64. The molecule has 1 unspecified atom stereocenters. The molecule has 0 bridgehead atoms. The number of alkyl halides is 3. The topological polar surface area (TPSA) is 83.5 Å². The van der Waals surface area contributed by atoms with Crippen LogP contribution in [0.4, 0.5) is 13.2 Å². The summed E-state index contributed by atoms with van der Waals surface area (Å²) in [4.78, 5) is 29.2. The smallest absolute Gasteiger partial charge is 0.422 e. The average molecular weight is 580 g/mol. The highest BCUT2D eigenvalue weighted by Crippen LogP contribution is 2.56. The van der Waals surface area contributed by atoms with Crippen LogP contribution in [-0.4, -0.2) is 72.3 Å². The Hall–Kier alpha value is -2.79. The molecule has 2 fully saturated rings. The van der Waals surface area contributed by atoms with Crippen molar-refractivity contribution >= 4 is 11.9 Å². The minimum Gasteiger partial charge on any atom is -0.456 e. The average Bonchev–Trinajstić information content (AvgIpc) is 3.55. The zero-order chi connectivity index (χ0) is 29.2. The number of carbonyl (C=O) groups excluding carboxylic acids is 2. The number of benzene rings is 1. The summed E-state index contributed by atoms with van der Waals surface area (Å²) in [5.41, 5.74) is 0.160. The van der Waals surface area contributed by atoms with Crippen molar-refractivity contribution in [3.8, 4) is 11.5 Å². The predicted molar refractivity (Wildman–Crippen MR) is 140 cm³/mol. The largest absolute Gasteiger partial charge is 0.456 e. The van der Waals surface area contributed by atoms with E-state index in [0.29, 0.717) is 24.3 Å². The Bertz CT molecular complexity index is 1280. The third-order valence-corrected chi connectivity index (χ3v) is 9.25. The van der Waals surface area contributed by atoms with Gasteiger partial charge >= 0.3 is 18.1 Å². The van der Waals surface area contributed by atoms with Crippen LogP contribution >= 0.6 is 0 Å². The van der Waals surface area contributed by atoms with E-state index in [9.17, 15) is 22.8 Å². The fraction of sp³-hybridized carbons (Fsp3) is 0.667. The Morgan fingerprint density at radius 2 is 1.83 bits per heavy atom. The first kappa shape index (κ1) is 28.3. The molecule has 1 aromatic rings. The van der Waals surface area contributed by atoms with Crippen LogP contribution in [0.3, 0.4) is 0 Å². The lowest BCUT2D eigenvalue weighted by Crippen LogP contribution is -2.54. The van der Waals surface area contributed by atoms with Crippen LogP contribution in [0.5, 0.6) is 11.5 Å². The molecule has 4 atom stereocenters. The van der Waals surface area contributed by atoms with Crippen LogP contribution in [-0.2, 0) is 30.2 Å². The van der Waals surface area contributed by atoms with Gasteiger partial charge in [0.2, 0.25) is 6.79 Å². The molecule has 6 rings (SSSR count). The molecule has 0 amide bonds. The second kappa shape index (κ2) is 9.90. The summed E-state index contributed by atoms with van der Waals surface area (Å²) in [6, 6.07) is 4.02. The van der Waals surface area contributed by atoms with E-state index in [4.69, 9.17) is 18.9 Å². The van der Waals surface area contributed by atoms with Gasteiger partial charge in [-0.25, -0.2) is 4.79 Å². The molecule has 11 heteroatoms. The van der Waals surface area contributed by atoms with Crippen molar-refractivity contribution in [2.24, 2.45) is 0 Å². The number of ether oxygens (including phenoxy) is 5. The summed E-state index contributed by atoms with van der Waals surface area (Å²) in [5.74, 6) is -0.778. The van der Waals surface area contributed by atoms with E-state index < -0.39 is 48.4 Å². The van der Waals surface area contributed by atoms with Gasteiger partial charge in [0.25, 0.3) is 0 Å². The molecule has 224 valence electrons. The fourth-order valence-electron chi connectivity index (χ4n) is 7.64. The Balaban J connectivity index is 1.34. The molecule has 4 aliphatic heterocycles. The van der Waals surface area contributed by atoms with Crippen molar-refractivity contribution in [1.82, 2.24) is 4.90 Å². The van der Waals surface area contributed by atoms with Crippen LogP contribution in [0.15, 0.2) is 23.8 Å². The van der Waals surface area contributed by atoms with Crippen molar-refractivity contribution in [2.45, 2.75) is 101 Å². The highest BCUT2D eigenvalue weighted by Gasteiger charge is 2.58. The van der Waals surface area contributed by atoms with Crippen LogP contribution in [0.25, 0.3) is 0 Å². The van der Waals surface area contributed by atoms with Gasteiger partial charge in [0, 0.05) is 12.5 Å². The second-order valence-electron chi connectivity index (χ2n) is 12.6. The van der Waals surface area contributed by atoms with Crippen molar-refractivity contribution in [1.29, 1.82) is 0 Å². The van der Waals surface area contributed by atoms with Gasteiger partial charge in [0.1, 0.15) is 6.10 Å². The molecule has 0 saturated carbocycles. The maximum atomic E-state index is 14.1. The van der Waals surface area contributed by atoms with E-state index in [1.54, 1.807) is 13.8 Å². The molecule has 0 aromatic heterocycles. The Kier molecular flexibility index (Phi) is 6.84. The molecule has 1 aromatic carbocycles. The van der Waals surface area contributed by atoms with Crippen LogP contribution in [0, 0.1) is 0 Å². The van der Waals surface area contributed by atoms with E-state index in [-0.39, 0.29) is 24.7 Å². The number of fused-ring (bicyclic) bond motifs is 3. The number of esters is 2. The van der Waals surface area contributed by atoms with E-state index in [1.165, 1.54) is 0 Å². The molecule has 1 aliphatic carbocycles. The molecular formula is C30H36F3NO7. The number of carbonyl (C=O) groups is 2. The molecule has 0 radical (unpaired) electrons. The minimum absolute atomic E-state index is 0.142. The van der Waals surface area contributed by atoms with Gasteiger partial charge in [-0.1, -0.05) is 6.08 Å². The molecule has 0 N–H and O–H groups in total. The molecule has 5 aliphatic rings. The third-order valence-electron chi connectivity index (χ3n) is 9.25. The number of hydrogen-bond acceptors (Lipinski definition) is 8. The lowest BCUT2D eigenvalue weighted by Gasteiger charge is -2.44.